The van der Waals surface area contributed by atoms with Crippen LogP contribution in [0.15, 0.2) is 28.7 Å². The van der Waals surface area contributed by atoms with Crippen LogP contribution >= 0.6 is 15.9 Å². The van der Waals surface area contributed by atoms with E-state index < -0.39 is 0 Å². The van der Waals surface area contributed by atoms with Crippen LogP contribution < -0.4 is 5.32 Å². The van der Waals surface area contributed by atoms with Crippen LogP contribution in [-0.2, 0) is 9.53 Å². The summed E-state index contributed by atoms with van der Waals surface area (Å²) in [6.45, 7) is 7.61. The Bertz CT molecular complexity index is 453. The molecular weight excluding hydrogens is 320 g/mol. The topological polar surface area (TPSA) is 41.6 Å². The Kier molecular flexibility index (Phi) is 5.18. The second-order valence-corrected chi connectivity index (χ2v) is 6.30. The number of carbonyl (C=O) groups is 1. The maximum absolute atomic E-state index is 12.3. The number of morpholine rings is 1. The standard InChI is InChI=1S/C15H21BrN2O2/c1-10-8-18(9-11(2)20-10)12(3)15(19)17-14-6-4-13(16)5-7-14/h4-7,10-12H,8-9H2,1-3H3,(H,17,19). The van der Waals surface area contributed by atoms with E-state index in [0.29, 0.717) is 0 Å². The molecular formula is C15H21BrN2O2. The summed E-state index contributed by atoms with van der Waals surface area (Å²) in [5.74, 6) is 0.0219. The van der Waals surface area contributed by atoms with Crippen molar-refractivity contribution in [2.24, 2.45) is 0 Å². The SMILES string of the molecule is CC1CN(C(C)C(=O)Nc2ccc(Br)cc2)CC(C)O1. The number of amides is 1. The Morgan fingerprint density at radius 3 is 2.40 bits per heavy atom. The largest absolute Gasteiger partial charge is 0.373 e. The molecule has 1 aromatic carbocycles. The Labute approximate surface area is 128 Å². The van der Waals surface area contributed by atoms with Gasteiger partial charge in [-0.15, -0.1) is 0 Å². The van der Waals surface area contributed by atoms with E-state index in [1.165, 1.54) is 0 Å². The van der Waals surface area contributed by atoms with Gasteiger partial charge in [-0.05, 0) is 45.0 Å². The molecule has 0 saturated carbocycles. The van der Waals surface area contributed by atoms with E-state index in [0.717, 1.165) is 23.2 Å². The number of rotatable bonds is 3. The summed E-state index contributed by atoms with van der Waals surface area (Å²) in [4.78, 5) is 14.5. The highest BCUT2D eigenvalue weighted by molar-refractivity contribution is 9.10. The van der Waals surface area contributed by atoms with Gasteiger partial charge >= 0.3 is 0 Å². The van der Waals surface area contributed by atoms with Crippen molar-refractivity contribution >= 4 is 27.5 Å². The van der Waals surface area contributed by atoms with Crippen LogP contribution in [0.2, 0.25) is 0 Å². The van der Waals surface area contributed by atoms with Crippen molar-refractivity contribution in [2.45, 2.75) is 39.0 Å². The summed E-state index contributed by atoms with van der Waals surface area (Å²) in [7, 11) is 0. The van der Waals surface area contributed by atoms with Crippen molar-refractivity contribution in [3.05, 3.63) is 28.7 Å². The number of ether oxygens (including phenoxy) is 1. The third-order valence-electron chi connectivity index (χ3n) is 3.49. The zero-order valence-corrected chi connectivity index (χ0v) is 13.7. The molecule has 2 rings (SSSR count). The molecule has 4 nitrogen and oxygen atoms in total. The van der Waals surface area contributed by atoms with Crippen molar-refractivity contribution < 1.29 is 9.53 Å². The minimum absolute atomic E-state index is 0.0219. The molecule has 1 N–H and O–H groups in total. The minimum atomic E-state index is -0.160. The molecule has 3 atom stereocenters. The molecule has 1 fully saturated rings. The second kappa shape index (κ2) is 6.70. The molecule has 20 heavy (non-hydrogen) atoms. The molecule has 1 aliphatic rings. The van der Waals surface area contributed by atoms with Crippen LogP contribution in [0.5, 0.6) is 0 Å². The average molecular weight is 341 g/mol. The van der Waals surface area contributed by atoms with Gasteiger partial charge in [-0.25, -0.2) is 0 Å². The summed E-state index contributed by atoms with van der Waals surface area (Å²) in [6.07, 6.45) is 0.336. The molecule has 0 bridgehead atoms. The second-order valence-electron chi connectivity index (χ2n) is 5.38. The number of nitrogens with zero attached hydrogens (tertiary/aromatic N) is 1. The van der Waals surface area contributed by atoms with Crippen LogP contribution in [-0.4, -0.2) is 42.1 Å². The first kappa shape index (κ1) is 15.5. The van der Waals surface area contributed by atoms with Crippen LogP contribution in [0.1, 0.15) is 20.8 Å². The normalized spacial score (nSPS) is 25.2. The maximum Gasteiger partial charge on any atom is 0.241 e. The summed E-state index contributed by atoms with van der Waals surface area (Å²) >= 11 is 3.38. The van der Waals surface area contributed by atoms with Crippen molar-refractivity contribution in [2.75, 3.05) is 18.4 Å². The summed E-state index contributed by atoms with van der Waals surface area (Å²) < 4.78 is 6.70. The van der Waals surface area contributed by atoms with Crippen LogP contribution in [0.25, 0.3) is 0 Å². The van der Waals surface area contributed by atoms with Gasteiger partial charge in [-0.2, -0.15) is 0 Å². The van der Waals surface area contributed by atoms with E-state index in [1.54, 1.807) is 0 Å². The first-order chi connectivity index (χ1) is 9.45. The van der Waals surface area contributed by atoms with Crippen LogP contribution in [0.4, 0.5) is 5.69 Å². The average Bonchev–Trinajstić information content (AvgIpc) is 2.39. The van der Waals surface area contributed by atoms with Crippen molar-refractivity contribution in [3.63, 3.8) is 0 Å². The van der Waals surface area contributed by atoms with Crippen molar-refractivity contribution in [1.29, 1.82) is 0 Å². The predicted octanol–water partition coefficient (Wildman–Crippen LogP) is 2.89. The van der Waals surface area contributed by atoms with Crippen molar-refractivity contribution in [3.8, 4) is 0 Å². The van der Waals surface area contributed by atoms with Crippen LogP contribution in [0.3, 0.4) is 0 Å². The van der Waals surface area contributed by atoms with Gasteiger partial charge in [-0.1, -0.05) is 15.9 Å². The predicted molar refractivity (Wildman–Crippen MR) is 83.8 cm³/mol. The van der Waals surface area contributed by atoms with Gasteiger partial charge in [0.15, 0.2) is 0 Å². The third-order valence-corrected chi connectivity index (χ3v) is 4.02. The van der Waals surface area contributed by atoms with E-state index >= 15 is 0 Å². The molecule has 1 aliphatic heterocycles. The lowest BCUT2D eigenvalue weighted by Gasteiger charge is -2.38. The Balaban J connectivity index is 1.96. The van der Waals surface area contributed by atoms with Gasteiger partial charge in [0.2, 0.25) is 5.91 Å². The molecule has 3 unspecified atom stereocenters. The summed E-state index contributed by atoms with van der Waals surface area (Å²) in [5.41, 5.74) is 0.819. The molecule has 0 spiro atoms. The Morgan fingerprint density at radius 1 is 1.30 bits per heavy atom. The molecule has 5 heteroatoms. The third kappa shape index (κ3) is 4.04. The molecule has 0 aromatic heterocycles. The van der Waals surface area contributed by atoms with Gasteiger partial charge < -0.3 is 10.1 Å². The zero-order chi connectivity index (χ0) is 14.7. The summed E-state index contributed by atoms with van der Waals surface area (Å²) in [6, 6.07) is 7.45. The highest BCUT2D eigenvalue weighted by atomic mass is 79.9. The number of hydrogen-bond acceptors (Lipinski definition) is 3. The number of anilines is 1. The van der Waals surface area contributed by atoms with E-state index in [-0.39, 0.29) is 24.2 Å². The number of benzene rings is 1. The molecule has 0 radical (unpaired) electrons. The molecule has 1 aromatic rings. The van der Waals surface area contributed by atoms with Gasteiger partial charge in [0.05, 0.1) is 18.2 Å². The fourth-order valence-corrected chi connectivity index (χ4v) is 2.74. The first-order valence-corrected chi connectivity index (χ1v) is 7.71. The number of carbonyl (C=O) groups excluding carboxylic acids is 1. The number of halogens is 1. The fourth-order valence-electron chi connectivity index (χ4n) is 2.48. The van der Waals surface area contributed by atoms with E-state index in [4.69, 9.17) is 4.74 Å². The number of hydrogen-bond donors (Lipinski definition) is 1. The Morgan fingerprint density at radius 2 is 1.85 bits per heavy atom. The highest BCUT2D eigenvalue weighted by Gasteiger charge is 2.29. The first-order valence-electron chi connectivity index (χ1n) is 6.91. The molecule has 1 saturated heterocycles. The quantitative estimate of drug-likeness (QED) is 0.919. The van der Waals surface area contributed by atoms with Crippen LogP contribution in [0, 0.1) is 0 Å². The lowest BCUT2D eigenvalue weighted by molar-refractivity contribution is -0.126. The highest BCUT2D eigenvalue weighted by Crippen LogP contribution is 2.17. The molecule has 1 amide bonds. The maximum atomic E-state index is 12.3. The molecule has 1 heterocycles. The van der Waals surface area contributed by atoms with Gasteiger partial charge in [0.1, 0.15) is 0 Å². The lowest BCUT2D eigenvalue weighted by atomic mass is 10.1. The Hall–Kier alpha value is -0.910. The smallest absolute Gasteiger partial charge is 0.241 e. The lowest BCUT2D eigenvalue weighted by Crippen LogP contribution is -2.52. The van der Waals surface area contributed by atoms with Crippen molar-refractivity contribution in [1.82, 2.24) is 4.90 Å². The van der Waals surface area contributed by atoms with E-state index in [9.17, 15) is 4.79 Å². The van der Waals surface area contributed by atoms with Gasteiger partial charge in [0, 0.05) is 23.2 Å². The molecule has 110 valence electrons. The fraction of sp³-hybridized carbons (Fsp3) is 0.533. The van der Waals surface area contributed by atoms with Gasteiger partial charge in [-0.3, -0.25) is 9.69 Å². The van der Waals surface area contributed by atoms with Gasteiger partial charge in [0.25, 0.3) is 0 Å². The summed E-state index contributed by atoms with van der Waals surface area (Å²) in [5, 5.41) is 2.95. The minimum Gasteiger partial charge on any atom is -0.373 e. The molecule has 0 aliphatic carbocycles. The zero-order valence-electron chi connectivity index (χ0n) is 12.1. The van der Waals surface area contributed by atoms with E-state index in [2.05, 4.69) is 26.1 Å². The number of nitrogens with one attached hydrogen (secondary N) is 1. The van der Waals surface area contributed by atoms with E-state index in [1.807, 2.05) is 45.0 Å². The monoisotopic (exact) mass is 340 g/mol.